The minimum absolute atomic E-state index is 0.138. The predicted octanol–water partition coefficient (Wildman–Crippen LogP) is 2.53. The van der Waals surface area contributed by atoms with Gasteiger partial charge in [-0.05, 0) is 38.5 Å². The Hall–Kier alpha value is -2.39. The van der Waals surface area contributed by atoms with E-state index in [9.17, 15) is 9.59 Å². The van der Waals surface area contributed by atoms with Crippen LogP contribution >= 0.6 is 0 Å². The Kier molecular flexibility index (Phi) is 7.93. The van der Waals surface area contributed by atoms with Crippen LogP contribution < -0.4 is 0 Å². The second-order valence-corrected chi connectivity index (χ2v) is 5.77. The lowest BCUT2D eigenvalue weighted by molar-refractivity contribution is -0.138. The molecule has 1 aromatic rings. The maximum Gasteiger partial charge on any atom is 0.338 e. The predicted molar refractivity (Wildman–Crippen MR) is 89.1 cm³/mol. The molecule has 0 aliphatic rings. The fourth-order valence-corrected chi connectivity index (χ4v) is 1.92. The molecular weight excluding hydrogens is 308 g/mol. The van der Waals surface area contributed by atoms with Crippen LogP contribution in [0.1, 0.15) is 43.1 Å². The van der Waals surface area contributed by atoms with Gasteiger partial charge in [0.15, 0.2) is 6.10 Å². The highest BCUT2D eigenvalue weighted by atomic mass is 16.5. The largest absolute Gasteiger partial charge is 0.449 e. The number of esters is 1. The SMILES string of the molecule is CC(C)OCc1ccc(C(=O)O[C@H](C)C(=O)N(C)CCC#N)cc1. The van der Waals surface area contributed by atoms with Crippen molar-refractivity contribution in [3.05, 3.63) is 35.4 Å². The van der Waals surface area contributed by atoms with Crippen molar-refractivity contribution in [3.63, 3.8) is 0 Å². The normalized spacial score (nSPS) is 11.7. The summed E-state index contributed by atoms with van der Waals surface area (Å²) in [6.45, 7) is 6.22. The molecular formula is C18H24N2O4. The fraction of sp³-hybridized carbons (Fsp3) is 0.500. The molecule has 1 aromatic carbocycles. The standard InChI is InChI=1S/C18H24N2O4/c1-13(2)23-12-15-6-8-16(9-7-15)18(22)24-14(3)17(21)20(4)11-5-10-19/h6-9,13-14H,5,11-12H2,1-4H3/t14-/m1/s1. The van der Waals surface area contributed by atoms with Gasteiger partial charge in [0.05, 0.1) is 30.8 Å². The maximum absolute atomic E-state index is 12.1. The third-order valence-electron chi connectivity index (χ3n) is 3.34. The summed E-state index contributed by atoms with van der Waals surface area (Å²) in [6, 6.07) is 8.86. The van der Waals surface area contributed by atoms with E-state index in [0.717, 1.165) is 5.56 Å². The van der Waals surface area contributed by atoms with Crippen LogP contribution in [0.15, 0.2) is 24.3 Å². The summed E-state index contributed by atoms with van der Waals surface area (Å²) in [4.78, 5) is 25.5. The Morgan fingerprint density at radius 3 is 2.38 bits per heavy atom. The molecule has 0 heterocycles. The average Bonchev–Trinajstić information content (AvgIpc) is 2.57. The number of hydrogen-bond acceptors (Lipinski definition) is 5. The molecule has 130 valence electrons. The average molecular weight is 332 g/mol. The second-order valence-electron chi connectivity index (χ2n) is 5.77. The van der Waals surface area contributed by atoms with E-state index in [1.165, 1.54) is 11.8 Å². The van der Waals surface area contributed by atoms with Crippen molar-refractivity contribution < 1.29 is 19.1 Å². The van der Waals surface area contributed by atoms with Gasteiger partial charge in [0.25, 0.3) is 5.91 Å². The van der Waals surface area contributed by atoms with E-state index in [-0.39, 0.29) is 18.4 Å². The lowest BCUT2D eigenvalue weighted by atomic mass is 10.1. The van der Waals surface area contributed by atoms with Gasteiger partial charge in [0, 0.05) is 13.6 Å². The molecule has 0 unspecified atom stereocenters. The van der Waals surface area contributed by atoms with Crippen LogP contribution in [0.4, 0.5) is 0 Å². The van der Waals surface area contributed by atoms with Crippen LogP contribution in [-0.2, 0) is 20.9 Å². The number of carbonyl (C=O) groups is 2. The van der Waals surface area contributed by atoms with Gasteiger partial charge in [-0.2, -0.15) is 5.26 Å². The third kappa shape index (κ3) is 6.39. The maximum atomic E-state index is 12.1. The highest BCUT2D eigenvalue weighted by Gasteiger charge is 2.21. The monoisotopic (exact) mass is 332 g/mol. The van der Waals surface area contributed by atoms with Gasteiger partial charge in [-0.15, -0.1) is 0 Å². The number of benzene rings is 1. The molecule has 1 amide bonds. The van der Waals surface area contributed by atoms with E-state index in [1.807, 2.05) is 19.9 Å². The smallest absolute Gasteiger partial charge is 0.338 e. The summed E-state index contributed by atoms with van der Waals surface area (Å²) in [5, 5.41) is 8.54. The Balaban J connectivity index is 2.57. The first-order valence-electron chi connectivity index (χ1n) is 7.88. The van der Waals surface area contributed by atoms with Crippen LogP contribution in [0, 0.1) is 11.3 Å². The molecule has 0 saturated heterocycles. The summed E-state index contributed by atoms with van der Waals surface area (Å²) >= 11 is 0. The van der Waals surface area contributed by atoms with Crippen LogP contribution in [0.25, 0.3) is 0 Å². The molecule has 1 atom stereocenters. The topological polar surface area (TPSA) is 79.6 Å². The molecule has 0 aliphatic carbocycles. The van der Waals surface area contributed by atoms with Gasteiger partial charge in [0.2, 0.25) is 0 Å². The number of rotatable bonds is 8. The number of carbonyl (C=O) groups excluding carboxylic acids is 2. The zero-order valence-electron chi connectivity index (χ0n) is 14.6. The van der Waals surface area contributed by atoms with Crippen molar-refractivity contribution in [2.45, 2.75) is 46.0 Å². The first kappa shape index (κ1) is 19.7. The van der Waals surface area contributed by atoms with Crippen LogP contribution in [0.2, 0.25) is 0 Å². The van der Waals surface area contributed by atoms with E-state index >= 15 is 0 Å². The molecule has 6 nitrogen and oxygen atoms in total. The van der Waals surface area contributed by atoms with Gasteiger partial charge >= 0.3 is 5.97 Å². The van der Waals surface area contributed by atoms with Crippen LogP contribution in [0.5, 0.6) is 0 Å². The van der Waals surface area contributed by atoms with Crippen molar-refractivity contribution in [3.8, 4) is 6.07 Å². The Morgan fingerprint density at radius 2 is 1.83 bits per heavy atom. The van der Waals surface area contributed by atoms with Crippen molar-refractivity contribution in [1.29, 1.82) is 5.26 Å². The first-order chi connectivity index (χ1) is 11.3. The van der Waals surface area contributed by atoms with Crippen molar-refractivity contribution in [1.82, 2.24) is 4.90 Å². The number of ether oxygens (including phenoxy) is 2. The van der Waals surface area contributed by atoms with E-state index < -0.39 is 12.1 Å². The fourth-order valence-electron chi connectivity index (χ4n) is 1.92. The van der Waals surface area contributed by atoms with E-state index in [1.54, 1.807) is 31.3 Å². The molecule has 1 rings (SSSR count). The number of hydrogen-bond donors (Lipinski definition) is 0. The summed E-state index contributed by atoms with van der Waals surface area (Å²) < 4.78 is 10.7. The van der Waals surface area contributed by atoms with Gasteiger partial charge in [-0.25, -0.2) is 4.79 Å². The number of likely N-dealkylation sites (N-methyl/N-ethyl adjacent to an activating group) is 1. The highest BCUT2D eigenvalue weighted by Crippen LogP contribution is 2.10. The van der Waals surface area contributed by atoms with Crippen molar-refractivity contribution in [2.24, 2.45) is 0 Å². The number of amides is 1. The minimum atomic E-state index is -0.898. The van der Waals surface area contributed by atoms with Gasteiger partial charge in [0.1, 0.15) is 0 Å². The van der Waals surface area contributed by atoms with E-state index in [0.29, 0.717) is 18.7 Å². The Morgan fingerprint density at radius 1 is 1.21 bits per heavy atom. The van der Waals surface area contributed by atoms with Crippen LogP contribution in [0.3, 0.4) is 0 Å². The summed E-state index contributed by atoms with van der Waals surface area (Å²) in [7, 11) is 1.58. The Labute approximate surface area is 143 Å². The van der Waals surface area contributed by atoms with Gasteiger partial charge in [-0.3, -0.25) is 4.79 Å². The van der Waals surface area contributed by atoms with E-state index in [2.05, 4.69) is 0 Å². The molecule has 6 heteroatoms. The zero-order valence-corrected chi connectivity index (χ0v) is 14.6. The minimum Gasteiger partial charge on any atom is -0.449 e. The zero-order chi connectivity index (χ0) is 18.1. The molecule has 0 fully saturated rings. The van der Waals surface area contributed by atoms with Gasteiger partial charge in [-0.1, -0.05) is 12.1 Å². The lowest BCUT2D eigenvalue weighted by Gasteiger charge is -2.20. The molecule has 0 saturated carbocycles. The van der Waals surface area contributed by atoms with Crippen molar-refractivity contribution >= 4 is 11.9 Å². The molecule has 0 N–H and O–H groups in total. The number of nitriles is 1. The molecule has 0 aliphatic heterocycles. The first-order valence-corrected chi connectivity index (χ1v) is 7.88. The molecule has 0 radical (unpaired) electrons. The molecule has 24 heavy (non-hydrogen) atoms. The summed E-state index contributed by atoms with van der Waals surface area (Å²) in [5.41, 5.74) is 1.34. The summed E-state index contributed by atoms with van der Waals surface area (Å²) in [5.74, 6) is -0.888. The molecule has 0 spiro atoms. The third-order valence-corrected chi connectivity index (χ3v) is 3.34. The van der Waals surface area contributed by atoms with Gasteiger partial charge < -0.3 is 14.4 Å². The summed E-state index contributed by atoms with van der Waals surface area (Å²) in [6.07, 6.45) is -0.521. The Bertz CT molecular complexity index is 590. The quantitative estimate of drug-likeness (QED) is 0.683. The highest BCUT2D eigenvalue weighted by molar-refractivity contribution is 5.92. The van der Waals surface area contributed by atoms with Crippen molar-refractivity contribution in [2.75, 3.05) is 13.6 Å². The molecule has 0 bridgehead atoms. The second kappa shape index (κ2) is 9.68. The van der Waals surface area contributed by atoms with E-state index in [4.69, 9.17) is 14.7 Å². The molecule has 0 aromatic heterocycles. The lowest BCUT2D eigenvalue weighted by Crippen LogP contribution is -2.37. The number of nitrogens with zero attached hydrogens (tertiary/aromatic N) is 2. The van der Waals surface area contributed by atoms with Crippen LogP contribution in [-0.4, -0.2) is 42.6 Å².